The lowest BCUT2D eigenvalue weighted by atomic mass is 9.78. The first-order valence-electron chi connectivity index (χ1n) is 6.28. The first-order valence-corrected chi connectivity index (χ1v) is 7.26. The van der Waals surface area contributed by atoms with Crippen LogP contribution < -0.4 is 0 Å². The molecule has 0 radical (unpaired) electrons. The van der Waals surface area contributed by atoms with E-state index in [4.69, 9.17) is 5.11 Å². The second-order valence-corrected chi connectivity index (χ2v) is 6.07. The van der Waals surface area contributed by atoms with Crippen LogP contribution in [0.2, 0.25) is 0 Å². The normalized spacial score (nSPS) is 17.3. The number of rotatable bonds is 4. The van der Waals surface area contributed by atoms with Gasteiger partial charge in [-0.1, -0.05) is 11.8 Å². The van der Waals surface area contributed by atoms with Crippen molar-refractivity contribution < 1.29 is 9.90 Å². The van der Waals surface area contributed by atoms with Crippen LogP contribution in [0.1, 0.15) is 26.2 Å². The fourth-order valence-corrected chi connectivity index (χ4v) is 3.43. The monoisotopic (exact) mass is 277 g/mol. The maximum absolute atomic E-state index is 10.8. The Morgan fingerprint density at radius 2 is 2.37 bits per heavy atom. The second-order valence-electron chi connectivity index (χ2n) is 5.13. The fraction of sp³-hybridized carbons (Fsp3) is 0.462. The summed E-state index contributed by atoms with van der Waals surface area (Å²) in [7, 11) is 0. The van der Waals surface area contributed by atoms with Crippen LogP contribution in [0.4, 0.5) is 0 Å². The van der Waals surface area contributed by atoms with Crippen LogP contribution in [-0.4, -0.2) is 31.4 Å². The maximum atomic E-state index is 10.8. The van der Waals surface area contributed by atoms with Crippen LogP contribution in [-0.2, 0) is 10.3 Å². The van der Waals surface area contributed by atoms with Crippen molar-refractivity contribution in [2.45, 2.75) is 36.9 Å². The molecule has 1 aliphatic carbocycles. The number of aliphatic carboxylic acids is 1. The third-order valence-electron chi connectivity index (χ3n) is 3.72. The molecular weight excluding hydrogens is 262 g/mol. The summed E-state index contributed by atoms with van der Waals surface area (Å²) < 4.78 is 2.20. The van der Waals surface area contributed by atoms with E-state index >= 15 is 0 Å². The number of imidazole rings is 1. The molecule has 1 aliphatic rings. The molecule has 1 N–H and O–H groups in total. The highest BCUT2D eigenvalue weighted by Crippen LogP contribution is 2.43. The summed E-state index contributed by atoms with van der Waals surface area (Å²) in [5, 5.41) is 9.63. The van der Waals surface area contributed by atoms with Crippen molar-refractivity contribution in [2.24, 2.45) is 0 Å². The summed E-state index contributed by atoms with van der Waals surface area (Å²) in [5.74, 6) is -0.784. The number of pyridine rings is 1. The molecule has 5 nitrogen and oxygen atoms in total. The predicted octanol–water partition coefficient (Wildman–Crippen LogP) is 2.51. The van der Waals surface area contributed by atoms with Crippen molar-refractivity contribution in [2.75, 3.05) is 5.75 Å². The molecule has 0 bridgehead atoms. The van der Waals surface area contributed by atoms with Crippen LogP contribution in [0.3, 0.4) is 0 Å². The molecule has 3 rings (SSSR count). The molecule has 1 fully saturated rings. The minimum Gasteiger partial charge on any atom is -0.481 e. The van der Waals surface area contributed by atoms with Gasteiger partial charge in [-0.3, -0.25) is 9.78 Å². The number of thioether (sulfide) groups is 1. The summed E-state index contributed by atoms with van der Waals surface area (Å²) in [6.45, 7) is 2.21. The van der Waals surface area contributed by atoms with Gasteiger partial charge >= 0.3 is 5.97 Å². The number of carboxylic acid groups (broad SMARTS) is 1. The quantitative estimate of drug-likeness (QED) is 0.870. The minimum atomic E-state index is -0.819. The molecule has 19 heavy (non-hydrogen) atoms. The molecule has 100 valence electrons. The van der Waals surface area contributed by atoms with Gasteiger partial charge in [-0.15, -0.1) is 0 Å². The smallest absolute Gasteiger partial charge is 0.313 e. The molecule has 0 saturated heterocycles. The Balaban J connectivity index is 2.09. The molecule has 2 heterocycles. The zero-order valence-corrected chi connectivity index (χ0v) is 11.5. The van der Waals surface area contributed by atoms with E-state index in [1.165, 1.54) is 18.2 Å². The lowest BCUT2D eigenvalue weighted by Crippen LogP contribution is -2.37. The number of carboxylic acids is 1. The average molecular weight is 277 g/mol. The topological polar surface area (TPSA) is 68.0 Å². The fourth-order valence-electron chi connectivity index (χ4n) is 2.57. The summed E-state index contributed by atoms with van der Waals surface area (Å²) in [6.07, 6.45) is 6.93. The van der Waals surface area contributed by atoms with E-state index in [0.29, 0.717) is 0 Å². The minimum absolute atomic E-state index is 0.0346. The van der Waals surface area contributed by atoms with E-state index in [2.05, 4.69) is 21.5 Å². The molecule has 2 aromatic rings. The number of carbonyl (C=O) groups is 1. The summed E-state index contributed by atoms with van der Waals surface area (Å²) in [6, 6.07) is 1.96. The lowest BCUT2D eigenvalue weighted by Gasteiger charge is -2.41. The summed E-state index contributed by atoms with van der Waals surface area (Å²) in [4.78, 5) is 19.4. The molecule has 6 heteroatoms. The van der Waals surface area contributed by atoms with Crippen LogP contribution in [0.25, 0.3) is 11.0 Å². The molecule has 0 spiro atoms. The van der Waals surface area contributed by atoms with Crippen molar-refractivity contribution >= 4 is 28.8 Å². The van der Waals surface area contributed by atoms with Crippen LogP contribution in [0, 0.1) is 0 Å². The van der Waals surface area contributed by atoms with Gasteiger partial charge in [-0.05, 0) is 32.3 Å². The second kappa shape index (κ2) is 4.52. The van der Waals surface area contributed by atoms with E-state index in [0.717, 1.165) is 29.0 Å². The number of hydrogen-bond donors (Lipinski definition) is 1. The molecule has 0 atom stereocenters. The number of nitrogens with zero attached hydrogens (tertiary/aromatic N) is 3. The zero-order valence-electron chi connectivity index (χ0n) is 10.7. The summed E-state index contributed by atoms with van der Waals surface area (Å²) >= 11 is 1.28. The first kappa shape index (κ1) is 12.5. The van der Waals surface area contributed by atoms with Crippen LogP contribution >= 0.6 is 11.8 Å². The van der Waals surface area contributed by atoms with Gasteiger partial charge in [-0.25, -0.2) is 4.98 Å². The van der Waals surface area contributed by atoms with E-state index in [-0.39, 0.29) is 11.3 Å². The molecular formula is C13H15N3O2S. The van der Waals surface area contributed by atoms with E-state index in [9.17, 15) is 4.79 Å². The van der Waals surface area contributed by atoms with Crippen molar-refractivity contribution in [3.8, 4) is 0 Å². The third kappa shape index (κ3) is 2.10. The van der Waals surface area contributed by atoms with Crippen LogP contribution in [0.15, 0.2) is 23.6 Å². The first-order chi connectivity index (χ1) is 9.10. The molecule has 0 aromatic carbocycles. The molecule has 2 aromatic heterocycles. The average Bonchev–Trinajstić information content (AvgIpc) is 2.72. The highest BCUT2D eigenvalue weighted by atomic mass is 32.2. The standard InChI is InChI=1S/C13H15N3O2S/c1-13(4-2-5-13)16-10-3-6-14-7-9(10)15-12(16)19-8-11(17)18/h3,6-7H,2,4-5,8H2,1H3,(H,17,18). The predicted molar refractivity (Wildman–Crippen MR) is 73.4 cm³/mol. The van der Waals surface area contributed by atoms with Crippen molar-refractivity contribution in [3.63, 3.8) is 0 Å². The number of hydrogen-bond acceptors (Lipinski definition) is 4. The van der Waals surface area contributed by atoms with Crippen LogP contribution in [0.5, 0.6) is 0 Å². The van der Waals surface area contributed by atoms with Gasteiger partial charge in [0.2, 0.25) is 0 Å². The van der Waals surface area contributed by atoms with Crippen molar-refractivity contribution in [1.82, 2.24) is 14.5 Å². The van der Waals surface area contributed by atoms with Gasteiger partial charge in [0.05, 0.1) is 17.5 Å². The van der Waals surface area contributed by atoms with Crippen molar-refractivity contribution in [1.29, 1.82) is 0 Å². The Hall–Kier alpha value is -1.56. The highest BCUT2D eigenvalue weighted by Gasteiger charge is 2.36. The molecule has 0 unspecified atom stereocenters. The van der Waals surface area contributed by atoms with Gasteiger partial charge < -0.3 is 9.67 Å². The Kier molecular flexibility index (Phi) is 2.97. The maximum Gasteiger partial charge on any atom is 0.313 e. The van der Waals surface area contributed by atoms with E-state index < -0.39 is 5.97 Å². The zero-order chi connectivity index (χ0) is 13.5. The largest absolute Gasteiger partial charge is 0.481 e. The number of fused-ring (bicyclic) bond motifs is 1. The van der Waals surface area contributed by atoms with Crippen molar-refractivity contribution in [3.05, 3.63) is 18.5 Å². The Labute approximate surface area is 115 Å². The Morgan fingerprint density at radius 3 is 3.00 bits per heavy atom. The van der Waals surface area contributed by atoms with Gasteiger partial charge in [0.25, 0.3) is 0 Å². The summed E-state index contributed by atoms with van der Waals surface area (Å²) in [5.41, 5.74) is 1.95. The van der Waals surface area contributed by atoms with Gasteiger partial charge in [0, 0.05) is 11.7 Å². The molecule has 0 amide bonds. The SMILES string of the molecule is CC1(n2c(SCC(=O)O)nc3cnccc32)CCC1. The number of aromatic nitrogens is 3. The van der Waals surface area contributed by atoms with E-state index in [1.807, 2.05) is 6.07 Å². The highest BCUT2D eigenvalue weighted by molar-refractivity contribution is 7.99. The molecule has 0 aliphatic heterocycles. The lowest BCUT2D eigenvalue weighted by molar-refractivity contribution is -0.133. The van der Waals surface area contributed by atoms with Gasteiger partial charge in [0.15, 0.2) is 5.16 Å². The Bertz CT molecular complexity index is 634. The molecule has 1 saturated carbocycles. The van der Waals surface area contributed by atoms with Gasteiger partial charge in [0.1, 0.15) is 5.52 Å². The van der Waals surface area contributed by atoms with E-state index in [1.54, 1.807) is 12.4 Å². The van der Waals surface area contributed by atoms with Gasteiger partial charge in [-0.2, -0.15) is 0 Å². The third-order valence-corrected chi connectivity index (χ3v) is 4.64. The Morgan fingerprint density at radius 1 is 1.58 bits per heavy atom.